The van der Waals surface area contributed by atoms with E-state index in [0.717, 1.165) is 25.7 Å². The van der Waals surface area contributed by atoms with Gasteiger partial charge in [0.25, 0.3) is 0 Å². The van der Waals surface area contributed by atoms with Gasteiger partial charge in [0.05, 0.1) is 25.3 Å². The van der Waals surface area contributed by atoms with Crippen molar-refractivity contribution < 1.29 is 13.6 Å². The number of hydrogen-bond donors (Lipinski definition) is 0. The highest BCUT2D eigenvalue weighted by Crippen LogP contribution is 2.55. The van der Waals surface area contributed by atoms with Crippen LogP contribution in [0, 0.1) is 16.7 Å². The van der Waals surface area contributed by atoms with Crippen LogP contribution in [-0.4, -0.2) is 24.7 Å². The number of nitriles is 1. The minimum Gasteiger partial charge on any atom is -0.305 e. The Bertz CT molecular complexity index is 438. The number of hydrogen-bond acceptors (Lipinski definition) is 5. The minimum absolute atomic E-state index is 0.121. The van der Waals surface area contributed by atoms with Crippen molar-refractivity contribution in [1.82, 2.24) is 0 Å². The Morgan fingerprint density at radius 3 is 2.19 bits per heavy atom. The largest absolute Gasteiger partial charge is 0.376 e. The van der Waals surface area contributed by atoms with Crippen LogP contribution in [0.1, 0.15) is 59.8 Å². The van der Waals surface area contributed by atoms with Gasteiger partial charge in [-0.05, 0) is 40.5 Å². The van der Waals surface area contributed by atoms with E-state index in [1.165, 1.54) is 6.42 Å². The Kier molecular flexibility index (Phi) is 7.06. The molecule has 120 valence electrons. The molecule has 0 bridgehead atoms. The molecule has 0 aromatic rings. The van der Waals surface area contributed by atoms with Gasteiger partial charge in [-0.1, -0.05) is 19.3 Å². The van der Waals surface area contributed by atoms with Gasteiger partial charge in [-0.2, -0.15) is 5.26 Å². The normalized spacial score (nSPS) is 18.5. The van der Waals surface area contributed by atoms with Gasteiger partial charge in [-0.15, -0.1) is 0 Å². The molecular weight excluding hydrogens is 287 g/mol. The zero-order chi connectivity index (χ0) is 15.9. The first-order chi connectivity index (χ1) is 9.89. The lowest BCUT2D eigenvalue weighted by atomic mass is 9.94. The summed E-state index contributed by atoms with van der Waals surface area (Å²) in [5.41, 5.74) is -0.676. The fraction of sp³-hybridized carbons (Fsp3) is 0.867. The van der Waals surface area contributed by atoms with E-state index >= 15 is 0 Å². The molecule has 0 unspecified atom stereocenters. The molecule has 21 heavy (non-hydrogen) atoms. The number of rotatable bonds is 7. The summed E-state index contributed by atoms with van der Waals surface area (Å²) in [5, 5.41) is 9.43. The van der Waals surface area contributed by atoms with Crippen molar-refractivity contribution in [2.75, 3.05) is 13.2 Å². The van der Waals surface area contributed by atoms with Crippen molar-refractivity contribution in [3.8, 4) is 6.07 Å². The zero-order valence-corrected chi connectivity index (χ0v) is 14.5. The fourth-order valence-corrected chi connectivity index (χ4v) is 4.55. The fourth-order valence-electron chi connectivity index (χ4n) is 2.51. The van der Waals surface area contributed by atoms with Gasteiger partial charge in [0.2, 0.25) is 0 Å². The van der Waals surface area contributed by atoms with Gasteiger partial charge >= 0.3 is 7.60 Å². The summed E-state index contributed by atoms with van der Waals surface area (Å²) in [6.45, 7) is 7.51. The summed E-state index contributed by atoms with van der Waals surface area (Å²) >= 11 is 0. The van der Waals surface area contributed by atoms with E-state index in [-0.39, 0.29) is 24.7 Å². The predicted molar refractivity (Wildman–Crippen MR) is 84.6 cm³/mol. The van der Waals surface area contributed by atoms with Gasteiger partial charge in [0.15, 0.2) is 0 Å². The summed E-state index contributed by atoms with van der Waals surface area (Å²) in [4.78, 5) is 4.67. The second kappa shape index (κ2) is 8.08. The van der Waals surface area contributed by atoms with Gasteiger partial charge in [-0.3, -0.25) is 9.56 Å². The zero-order valence-electron chi connectivity index (χ0n) is 13.6. The Balaban J connectivity index is 3.20. The first-order valence-corrected chi connectivity index (χ1v) is 9.33. The maximum atomic E-state index is 13.1. The van der Waals surface area contributed by atoms with E-state index in [1.54, 1.807) is 27.7 Å². The maximum absolute atomic E-state index is 13.1. The molecule has 1 rings (SSSR count). The van der Waals surface area contributed by atoms with E-state index in [0.29, 0.717) is 0 Å². The molecule has 1 aliphatic rings. The lowest BCUT2D eigenvalue weighted by molar-refractivity contribution is 0.230. The second-order valence-corrected chi connectivity index (χ2v) is 7.75. The van der Waals surface area contributed by atoms with Crippen LogP contribution in [0.25, 0.3) is 0 Å². The van der Waals surface area contributed by atoms with Gasteiger partial charge in [0.1, 0.15) is 10.9 Å². The van der Waals surface area contributed by atoms with Gasteiger partial charge in [0, 0.05) is 0 Å². The molecule has 0 heterocycles. The predicted octanol–water partition coefficient (Wildman–Crippen LogP) is 4.53. The molecule has 0 aromatic heterocycles. The van der Waals surface area contributed by atoms with E-state index in [9.17, 15) is 9.83 Å². The highest BCUT2D eigenvalue weighted by Gasteiger charge is 2.42. The lowest BCUT2D eigenvalue weighted by Crippen LogP contribution is -2.27. The van der Waals surface area contributed by atoms with Crippen LogP contribution in [0.3, 0.4) is 0 Å². The smallest absolute Gasteiger partial charge is 0.305 e. The third kappa shape index (κ3) is 4.92. The molecule has 0 amide bonds. The first-order valence-electron chi connectivity index (χ1n) is 7.78. The number of nitrogens with zero attached hydrogens (tertiary/aromatic N) is 2. The molecule has 0 atom stereocenters. The Morgan fingerprint density at radius 1 is 1.24 bits per heavy atom. The lowest BCUT2D eigenvalue weighted by Gasteiger charge is -2.28. The molecule has 6 heteroatoms. The van der Waals surface area contributed by atoms with E-state index in [1.807, 2.05) is 0 Å². The molecule has 0 saturated heterocycles. The summed E-state index contributed by atoms with van der Waals surface area (Å²) < 4.78 is 23.9. The van der Waals surface area contributed by atoms with Crippen LogP contribution in [0.5, 0.6) is 0 Å². The third-order valence-corrected chi connectivity index (χ3v) is 5.97. The molecule has 1 aliphatic carbocycles. The summed E-state index contributed by atoms with van der Waals surface area (Å²) in [7, 11) is -3.51. The van der Waals surface area contributed by atoms with Gasteiger partial charge < -0.3 is 9.05 Å². The van der Waals surface area contributed by atoms with E-state index in [4.69, 9.17) is 9.05 Å². The Hall–Kier alpha value is -0.690. The Labute approximate surface area is 128 Å². The third-order valence-electron chi connectivity index (χ3n) is 3.58. The quantitative estimate of drug-likeness (QED) is 0.511. The average Bonchev–Trinajstić information content (AvgIpc) is 2.46. The highest BCUT2D eigenvalue weighted by atomic mass is 31.2. The average molecular weight is 314 g/mol. The highest BCUT2D eigenvalue weighted by molar-refractivity contribution is 7.72. The molecule has 0 spiro atoms. The molecular formula is C15H27N2O3P. The van der Waals surface area contributed by atoms with Crippen molar-refractivity contribution in [1.29, 1.82) is 5.26 Å². The molecule has 0 aromatic carbocycles. The standard InChI is InChI=1S/C15H27N2O3P/c1-5-19-21(18,20-6-2)14(15(3,4)12-16)17-13-10-8-7-9-11-13/h13H,5-11H2,1-4H3/b17-14+. The summed E-state index contributed by atoms with van der Waals surface area (Å²) in [6.07, 6.45) is 5.42. The van der Waals surface area contributed by atoms with Crippen molar-refractivity contribution in [3.05, 3.63) is 0 Å². The van der Waals surface area contributed by atoms with Gasteiger partial charge in [-0.25, -0.2) is 0 Å². The SMILES string of the molecule is CCOP(=O)(OCC)/C(=N/C1CCCCC1)C(C)(C)C#N. The van der Waals surface area contributed by atoms with Crippen molar-refractivity contribution in [2.24, 2.45) is 10.4 Å². The van der Waals surface area contributed by atoms with Crippen LogP contribution < -0.4 is 0 Å². The van der Waals surface area contributed by atoms with Crippen LogP contribution in [0.2, 0.25) is 0 Å². The van der Waals surface area contributed by atoms with Crippen molar-refractivity contribution >= 4 is 13.0 Å². The van der Waals surface area contributed by atoms with Crippen LogP contribution in [0.4, 0.5) is 0 Å². The monoisotopic (exact) mass is 314 g/mol. The van der Waals surface area contributed by atoms with Crippen LogP contribution in [0.15, 0.2) is 4.99 Å². The maximum Gasteiger partial charge on any atom is 0.376 e. The Morgan fingerprint density at radius 2 is 1.76 bits per heavy atom. The van der Waals surface area contributed by atoms with Crippen LogP contribution >= 0.6 is 7.60 Å². The molecule has 1 saturated carbocycles. The molecule has 0 aliphatic heterocycles. The molecule has 5 nitrogen and oxygen atoms in total. The van der Waals surface area contributed by atoms with E-state index < -0.39 is 13.0 Å². The van der Waals surface area contributed by atoms with E-state index in [2.05, 4.69) is 11.1 Å². The molecule has 1 fully saturated rings. The summed E-state index contributed by atoms with van der Waals surface area (Å²) in [5.74, 6) is 0. The topological polar surface area (TPSA) is 71.7 Å². The van der Waals surface area contributed by atoms with Crippen molar-refractivity contribution in [3.63, 3.8) is 0 Å². The number of aliphatic imine (C=N–C) groups is 1. The van der Waals surface area contributed by atoms with Crippen molar-refractivity contribution in [2.45, 2.75) is 65.8 Å². The minimum atomic E-state index is -3.51. The molecule has 0 radical (unpaired) electrons. The first kappa shape index (κ1) is 18.4. The summed E-state index contributed by atoms with van der Waals surface area (Å²) in [6, 6.07) is 2.31. The molecule has 0 N–H and O–H groups in total. The second-order valence-electron chi connectivity index (χ2n) is 5.81. The van der Waals surface area contributed by atoms with Crippen LogP contribution in [-0.2, 0) is 13.6 Å².